The molecule has 0 aliphatic heterocycles. The molecule has 2 rings (SSSR count). The Labute approximate surface area is 116 Å². The van der Waals surface area contributed by atoms with Crippen molar-refractivity contribution in [1.82, 2.24) is 0 Å². The zero-order valence-electron chi connectivity index (χ0n) is 11.4. The molecule has 1 aromatic carbocycles. The summed E-state index contributed by atoms with van der Waals surface area (Å²) in [4.78, 5) is 12.8. The molecule has 0 aliphatic carbocycles. The van der Waals surface area contributed by atoms with Gasteiger partial charge < -0.3 is 14.4 Å². The molecular formula is C15H16FNO3. The van der Waals surface area contributed by atoms with Crippen molar-refractivity contribution in [2.45, 2.75) is 20.4 Å². The summed E-state index contributed by atoms with van der Waals surface area (Å²) in [5.74, 6) is -0.894. The van der Waals surface area contributed by atoms with Crippen molar-refractivity contribution in [3.05, 3.63) is 53.2 Å². The lowest BCUT2D eigenvalue weighted by Crippen LogP contribution is -2.22. The highest BCUT2D eigenvalue weighted by Gasteiger charge is 2.15. The lowest BCUT2D eigenvalue weighted by molar-refractivity contribution is 0.0661. The number of rotatable bonds is 5. The van der Waals surface area contributed by atoms with E-state index in [4.69, 9.17) is 9.52 Å². The number of furan rings is 1. The average molecular weight is 277 g/mol. The highest BCUT2D eigenvalue weighted by Crippen LogP contribution is 2.22. The van der Waals surface area contributed by atoms with E-state index < -0.39 is 5.97 Å². The van der Waals surface area contributed by atoms with E-state index in [0.717, 1.165) is 11.3 Å². The summed E-state index contributed by atoms with van der Waals surface area (Å²) in [5, 5.41) is 8.91. The second-order valence-electron chi connectivity index (χ2n) is 4.49. The Hall–Kier alpha value is -2.30. The fraction of sp³-hybridized carbons (Fsp3) is 0.267. The predicted molar refractivity (Wildman–Crippen MR) is 73.5 cm³/mol. The van der Waals surface area contributed by atoms with E-state index in [0.29, 0.717) is 18.8 Å². The molecule has 5 heteroatoms. The van der Waals surface area contributed by atoms with Gasteiger partial charge in [-0.1, -0.05) is 6.07 Å². The summed E-state index contributed by atoms with van der Waals surface area (Å²) in [5.41, 5.74) is 1.54. The fourth-order valence-corrected chi connectivity index (χ4v) is 2.05. The van der Waals surface area contributed by atoms with Crippen molar-refractivity contribution < 1.29 is 18.7 Å². The highest BCUT2D eigenvalue weighted by molar-refractivity contribution is 5.84. The normalized spacial score (nSPS) is 10.6. The van der Waals surface area contributed by atoms with Crippen LogP contribution in [-0.4, -0.2) is 17.6 Å². The third-order valence-corrected chi connectivity index (χ3v) is 3.15. The standard InChI is InChI=1S/C15H16FNO3/c1-3-17(13-6-4-5-12(16)8-13)9-11-7-14(15(18)19)20-10(11)2/h4-8H,3,9H2,1-2H3,(H,18,19). The number of carboxylic acid groups (broad SMARTS) is 1. The van der Waals surface area contributed by atoms with Crippen molar-refractivity contribution >= 4 is 11.7 Å². The zero-order chi connectivity index (χ0) is 14.7. The van der Waals surface area contributed by atoms with Gasteiger partial charge in [0.15, 0.2) is 0 Å². The molecule has 0 radical (unpaired) electrons. The molecule has 0 spiro atoms. The van der Waals surface area contributed by atoms with Crippen LogP contribution in [0.3, 0.4) is 0 Å². The first kappa shape index (κ1) is 14.1. The number of aryl methyl sites for hydroxylation is 1. The molecule has 0 fully saturated rings. The molecule has 1 heterocycles. The zero-order valence-corrected chi connectivity index (χ0v) is 11.4. The van der Waals surface area contributed by atoms with E-state index >= 15 is 0 Å². The van der Waals surface area contributed by atoms with Gasteiger partial charge in [-0.3, -0.25) is 0 Å². The van der Waals surface area contributed by atoms with Crippen molar-refractivity contribution in [1.29, 1.82) is 0 Å². The van der Waals surface area contributed by atoms with Crippen molar-refractivity contribution in [2.75, 3.05) is 11.4 Å². The van der Waals surface area contributed by atoms with E-state index in [2.05, 4.69) is 0 Å². The number of carboxylic acids is 1. The van der Waals surface area contributed by atoms with Crippen LogP contribution in [0.2, 0.25) is 0 Å². The second-order valence-corrected chi connectivity index (χ2v) is 4.49. The molecule has 0 unspecified atom stereocenters. The van der Waals surface area contributed by atoms with Crippen LogP contribution in [-0.2, 0) is 6.54 Å². The Morgan fingerprint density at radius 2 is 2.15 bits per heavy atom. The lowest BCUT2D eigenvalue weighted by Gasteiger charge is -2.22. The van der Waals surface area contributed by atoms with Crippen molar-refractivity contribution in [3.63, 3.8) is 0 Å². The fourth-order valence-electron chi connectivity index (χ4n) is 2.05. The topological polar surface area (TPSA) is 53.7 Å². The van der Waals surface area contributed by atoms with Gasteiger partial charge in [0.1, 0.15) is 11.6 Å². The molecule has 0 saturated carbocycles. The van der Waals surface area contributed by atoms with Gasteiger partial charge in [-0.05, 0) is 38.1 Å². The summed E-state index contributed by atoms with van der Waals surface area (Å²) in [6.45, 7) is 4.83. The minimum Gasteiger partial charge on any atom is -0.475 e. The maximum atomic E-state index is 13.3. The maximum Gasteiger partial charge on any atom is 0.371 e. The number of hydrogen-bond acceptors (Lipinski definition) is 3. The molecule has 0 aliphatic rings. The third kappa shape index (κ3) is 2.99. The molecule has 20 heavy (non-hydrogen) atoms. The number of benzene rings is 1. The molecule has 4 nitrogen and oxygen atoms in total. The number of aromatic carboxylic acids is 1. The van der Waals surface area contributed by atoms with Crippen LogP contribution >= 0.6 is 0 Å². The van der Waals surface area contributed by atoms with Crippen LogP contribution in [0.15, 0.2) is 34.7 Å². The Kier molecular flexibility index (Phi) is 4.08. The van der Waals surface area contributed by atoms with Gasteiger partial charge in [0.05, 0.1) is 0 Å². The molecule has 1 aromatic heterocycles. The van der Waals surface area contributed by atoms with Gasteiger partial charge >= 0.3 is 5.97 Å². The summed E-state index contributed by atoms with van der Waals surface area (Å²) in [7, 11) is 0. The van der Waals surface area contributed by atoms with Crippen molar-refractivity contribution in [2.24, 2.45) is 0 Å². The Morgan fingerprint density at radius 1 is 1.40 bits per heavy atom. The van der Waals surface area contributed by atoms with E-state index in [-0.39, 0.29) is 11.6 Å². The SMILES string of the molecule is CCN(Cc1cc(C(=O)O)oc1C)c1cccc(F)c1. The quantitative estimate of drug-likeness (QED) is 0.909. The van der Waals surface area contributed by atoms with Gasteiger partial charge in [-0.15, -0.1) is 0 Å². The Bertz CT molecular complexity index is 621. The van der Waals surface area contributed by atoms with Crippen LogP contribution in [0.1, 0.15) is 28.8 Å². The number of carbonyl (C=O) groups is 1. The van der Waals surface area contributed by atoms with Crippen LogP contribution in [0.4, 0.5) is 10.1 Å². The Balaban J connectivity index is 2.24. The van der Waals surface area contributed by atoms with Crippen LogP contribution in [0.5, 0.6) is 0 Å². The van der Waals surface area contributed by atoms with E-state index in [1.165, 1.54) is 18.2 Å². The average Bonchev–Trinajstić information content (AvgIpc) is 2.77. The number of halogens is 1. The van der Waals surface area contributed by atoms with E-state index in [1.807, 2.05) is 17.9 Å². The largest absolute Gasteiger partial charge is 0.475 e. The molecular weight excluding hydrogens is 261 g/mol. The minimum absolute atomic E-state index is 0.0761. The third-order valence-electron chi connectivity index (χ3n) is 3.15. The first-order valence-corrected chi connectivity index (χ1v) is 6.34. The first-order valence-electron chi connectivity index (χ1n) is 6.34. The smallest absolute Gasteiger partial charge is 0.371 e. The Morgan fingerprint density at radius 3 is 2.70 bits per heavy atom. The molecule has 1 N–H and O–H groups in total. The van der Waals surface area contributed by atoms with Gasteiger partial charge in [0, 0.05) is 24.3 Å². The van der Waals surface area contributed by atoms with Gasteiger partial charge in [0.25, 0.3) is 0 Å². The van der Waals surface area contributed by atoms with Crippen LogP contribution in [0, 0.1) is 12.7 Å². The predicted octanol–water partition coefficient (Wildman–Crippen LogP) is 3.45. The number of hydrogen-bond donors (Lipinski definition) is 1. The monoisotopic (exact) mass is 277 g/mol. The highest BCUT2D eigenvalue weighted by atomic mass is 19.1. The summed E-state index contributed by atoms with van der Waals surface area (Å²) in [6, 6.07) is 7.83. The van der Waals surface area contributed by atoms with Gasteiger partial charge in [-0.25, -0.2) is 9.18 Å². The van der Waals surface area contributed by atoms with E-state index in [9.17, 15) is 9.18 Å². The summed E-state index contributed by atoms with van der Waals surface area (Å²) < 4.78 is 18.4. The first-order chi connectivity index (χ1) is 9.51. The molecule has 0 bridgehead atoms. The molecule has 0 amide bonds. The van der Waals surface area contributed by atoms with Crippen LogP contribution < -0.4 is 4.90 Å². The van der Waals surface area contributed by atoms with Gasteiger partial charge in [-0.2, -0.15) is 0 Å². The molecule has 2 aromatic rings. The lowest BCUT2D eigenvalue weighted by atomic mass is 10.2. The number of anilines is 1. The molecule has 0 saturated heterocycles. The molecule has 0 atom stereocenters. The summed E-state index contributed by atoms with van der Waals surface area (Å²) >= 11 is 0. The van der Waals surface area contributed by atoms with Gasteiger partial charge in [0.2, 0.25) is 5.76 Å². The van der Waals surface area contributed by atoms with E-state index in [1.54, 1.807) is 13.0 Å². The summed E-state index contributed by atoms with van der Waals surface area (Å²) in [6.07, 6.45) is 0. The molecule has 106 valence electrons. The van der Waals surface area contributed by atoms with Crippen molar-refractivity contribution in [3.8, 4) is 0 Å². The minimum atomic E-state index is -1.09. The maximum absolute atomic E-state index is 13.3. The number of nitrogens with zero attached hydrogens (tertiary/aromatic N) is 1. The second kappa shape index (κ2) is 5.77. The van der Waals surface area contributed by atoms with Crippen LogP contribution in [0.25, 0.3) is 0 Å².